The Kier molecular flexibility index (Phi) is 4.41. The Morgan fingerprint density at radius 2 is 1.61 bits per heavy atom. The molecule has 1 saturated heterocycles. The van der Waals surface area contributed by atoms with E-state index in [0.29, 0.717) is 23.7 Å². The second-order valence-electron chi connectivity index (χ2n) is 12.1. The van der Waals surface area contributed by atoms with Crippen LogP contribution in [-0.4, -0.2) is 29.2 Å². The molecule has 0 bridgehead atoms. The topological polar surface area (TPSA) is 38.7 Å². The summed E-state index contributed by atoms with van der Waals surface area (Å²) in [5, 5.41) is 10.6. The van der Waals surface area contributed by atoms with Crippen molar-refractivity contribution in [3.05, 3.63) is 42.0 Å². The molecule has 0 aromatic heterocycles. The number of ether oxygens (including phenoxy) is 2. The molecular formula is C28H38O3. The summed E-state index contributed by atoms with van der Waals surface area (Å²) in [6.07, 6.45) is 9.21. The number of allylic oxidation sites excluding steroid dienone is 2. The first kappa shape index (κ1) is 20.4. The summed E-state index contributed by atoms with van der Waals surface area (Å²) in [6, 6.07) is 11.0. The van der Waals surface area contributed by atoms with Crippen molar-refractivity contribution in [1.82, 2.24) is 0 Å². The minimum atomic E-state index is -0.532. The maximum atomic E-state index is 10.6. The first-order valence-electron chi connectivity index (χ1n) is 12.5. The average Bonchev–Trinajstić information content (AvgIpc) is 3.25. The van der Waals surface area contributed by atoms with E-state index in [2.05, 4.69) is 64.1 Å². The standard InChI is InChI=1S/C28H38O3/c1-26(2)30-24-22-16-18(29)12-14-28(22,4)21-13-15-27(3)19(17-8-6-5-7-9-17)10-11-20(27)23(21)25(24)31-26/h5-10,18,20-25,29H,11-16H2,1-4H3/t18-,20-,21-,22+,23-,24+,25+,27+,28+/m0/s1. The van der Waals surface area contributed by atoms with Gasteiger partial charge in [-0.25, -0.2) is 0 Å². The van der Waals surface area contributed by atoms with E-state index in [1.807, 2.05) is 0 Å². The number of hydrogen-bond acceptors (Lipinski definition) is 3. The predicted octanol–water partition coefficient (Wildman–Crippen LogP) is 5.82. The molecule has 5 aliphatic rings. The summed E-state index contributed by atoms with van der Waals surface area (Å²) in [5.74, 6) is 1.66. The van der Waals surface area contributed by atoms with Crippen LogP contribution in [-0.2, 0) is 9.47 Å². The molecule has 1 heterocycles. The summed E-state index contributed by atoms with van der Waals surface area (Å²) in [6.45, 7) is 9.21. The number of benzene rings is 1. The van der Waals surface area contributed by atoms with Crippen LogP contribution in [0.2, 0.25) is 0 Å². The second kappa shape index (κ2) is 6.68. The van der Waals surface area contributed by atoms with Crippen LogP contribution in [0.5, 0.6) is 0 Å². The molecule has 0 unspecified atom stereocenters. The maximum absolute atomic E-state index is 10.6. The quantitative estimate of drug-likeness (QED) is 0.619. The van der Waals surface area contributed by atoms with Crippen LogP contribution in [0.4, 0.5) is 0 Å². The molecule has 1 aromatic rings. The molecule has 4 aliphatic carbocycles. The van der Waals surface area contributed by atoms with Gasteiger partial charge in [0.25, 0.3) is 0 Å². The van der Waals surface area contributed by atoms with Crippen LogP contribution in [0.25, 0.3) is 5.57 Å². The third kappa shape index (κ3) is 2.82. The van der Waals surface area contributed by atoms with E-state index in [0.717, 1.165) is 25.7 Å². The lowest BCUT2D eigenvalue weighted by Crippen LogP contribution is -2.63. The monoisotopic (exact) mass is 422 g/mol. The molecule has 168 valence electrons. The van der Waals surface area contributed by atoms with Crippen molar-refractivity contribution in [2.45, 2.75) is 90.3 Å². The lowest BCUT2D eigenvalue weighted by Gasteiger charge is -2.63. The fourth-order valence-electron chi connectivity index (χ4n) is 8.80. The van der Waals surface area contributed by atoms with Gasteiger partial charge in [0.2, 0.25) is 0 Å². The SMILES string of the molecule is CC1(C)O[C@H]2[C@H](O1)[C@H]1C[C@@H](O)CC[C@]1(C)[C@H]1CC[C@]3(C)C(c4ccccc4)=CC[C@H]3[C@H]21. The Balaban J connectivity index is 1.41. The van der Waals surface area contributed by atoms with Gasteiger partial charge >= 0.3 is 0 Å². The van der Waals surface area contributed by atoms with Crippen molar-refractivity contribution in [3.8, 4) is 0 Å². The molecule has 1 N–H and O–H groups in total. The van der Waals surface area contributed by atoms with Crippen molar-refractivity contribution in [3.63, 3.8) is 0 Å². The van der Waals surface area contributed by atoms with Crippen molar-refractivity contribution >= 4 is 5.57 Å². The van der Waals surface area contributed by atoms with E-state index >= 15 is 0 Å². The molecule has 9 atom stereocenters. The van der Waals surface area contributed by atoms with Crippen molar-refractivity contribution < 1.29 is 14.6 Å². The first-order valence-corrected chi connectivity index (χ1v) is 12.5. The predicted molar refractivity (Wildman–Crippen MR) is 122 cm³/mol. The highest BCUT2D eigenvalue weighted by molar-refractivity contribution is 5.73. The van der Waals surface area contributed by atoms with Gasteiger partial charge in [0.15, 0.2) is 5.79 Å². The highest BCUT2D eigenvalue weighted by Crippen LogP contribution is 2.69. The fourth-order valence-corrected chi connectivity index (χ4v) is 8.80. The average molecular weight is 423 g/mol. The molecule has 3 saturated carbocycles. The Hall–Kier alpha value is -1.16. The molecule has 0 radical (unpaired) electrons. The largest absolute Gasteiger partial charge is 0.393 e. The van der Waals surface area contributed by atoms with E-state index in [4.69, 9.17) is 9.47 Å². The third-order valence-electron chi connectivity index (χ3n) is 10.2. The molecule has 0 amide bonds. The van der Waals surface area contributed by atoms with Crippen LogP contribution in [0.3, 0.4) is 0 Å². The van der Waals surface area contributed by atoms with Gasteiger partial charge in [0, 0.05) is 0 Å². The smallest absolute Gasteiger partial charge is 0.163 e. The molecule has 4 fully saturated rings. The summed E-state index contributed by atoms with van der Waals surface area (Å²) in [7, 11) is 0. The molecule has 0 spiro atoms. The van der Waals surface area contributed by atoms with Crippen molar-refractivity contribution in [2.75, 3.05) is 0 Å². The second-order valence-corrected chi connectivity index (χ2v) is 12.1. The van der Waals surface area contributed by atoms with Crippen LogP contribution >= 0.6 is 0 Å². The van der Waals surface area contributed by atoms with Gasteiger partial charge in [-0.3, -0.25) is 0 Å². The maximum Gasteiger partial charge on any atom is 0.163 e. The van der Waals surface area contributed by atoms with Crippen LogP contribution in [0, 0.1) is 34.5 Å². The lowest BCUT2D eigenvalue weighted by atomic mass is 9.43. The molecular weight excluding hydrogens is 384 g/mol. The van der Waals surface area contributed by atoms with Gasteiger partial charge in [-0.1, -0.05) is 50.3 Å². The fraction of sp³-hybridized carbons (Fsp3) is 0.714. The summed E-state index contributed by atoms with van der Waals surface area (Å²) < 4.78 is 13.3. The zero-order chi connectivity index (χ0) is 21.6. The normalized spacial score (nSPS) is 50.1. The number of fused-ring (bicyclic) bond motifs is 8. The van der Waals surface area contributed by atoms with Gasteiger partial charge in [-0.2, -0.15) is 0 Å². The third-order valence-corrected chi connectivity index (χ3v) is 10.2. The Labute approximate surface area is 187 Å². The van der Waals surface area contributed by atoms with Gasteiger partial charge in [0.1, 0.15) is 0 Å². The van der Waals surface area contributed by atoms with Gasteiger partial charge in [-0.15, -0.1) is 0 Å². The molecule has 3 nitrogen and oxygen atoms in total. The first-order chi connectivity index (χ1) is 14.7. The molecule has 6 rings (SSSR count). The zero-order valence-electron chi connectivity index (χ0n) is 19.5. The minimum Gasteiger partial charge on any atom is -0.393 e. The van der Waals surface area contributed by atoms with E-state index in [1.165, 1.54) is 18.4 Å². The summed E-state index contributed by atoms with van der Waals surface area (Å²) in [5.41, 5.74) is 3.40. The Bertz CT molecular complexity index is 891. The number of aliphatic hydroxyl groups is 1. The van der Waals surface area contributed by atoms with Crippen LogP contribution in [0.1, 0.15) is 71.8 Å². The van der Waals surface area contributed by atoms with Gasteiger partial charge in [-0.05, 0) is 98.0 Å². The number of aliphatic hydroxyl groups excluding tert-OH is 1. The van der Waals surface area contributed by atoms with Gasteiger partial charge in [0.05, 0.1) is 18.3 Å². The summed E-state index contributed by atoms with van der Waals surface area (Å²) >= 11 is 0. The van der Waals surface area contributed by atoms with E-state index in [-0.39, 0.29) is 29.1 Å². The van der Waals surface area contributed by atoms with Crippen LogP contribution in [0.15, 0.2) is 36.4 Å². The Morgan fingerprint density at radius 3 is 2.39 bits per heavy atom. The molecule has 31 heavy (non-hydrogen) atoms. The number of hydrogen-bond donors (Lipinski definition) is 1. The highest BCUT2D eigenvalue weighted by atomic mass is 16.8. The Morgan fingerprint density at radius 1 is 0.871 bits per heavy atom. The molecule has 3 heteroatoms. The summed E-state index contributed by atoms with van der Waals surface area (Å²) in [4.78, 5) is 0. The van der Waals surface area contributed by atoms with E-state index in [1.54, 1.807) is 5.57 Å². The molecule has 1 aliphatic heterocycles. The van der Waals surface area contributed by atoms with E-state index in [9.17, 15) is 5.11 Å². The molecule has 1 aromatic carbocycles. The highest BCUT2D eigenvalue weighted by Gasteiger charge is 2.67. The van der Waals surface area contributed by atoms with Crippen molar-refractivity contribution in [2.24, 2.45) is 34.5 Å². The van der Waals surface area contributed by atoms with E-state index < -0.39 is 5.79 Å². The van der Waals surface area contributed by atoms with Crippen molar-refractivity contribution in [1.29, 1.82) is 0 Å². The number of rotatable bonds is 1. The van der Waals surface area contributed by atoms with Crippen LogP contribution < -0.4 is 0 Å². The lowest BCUT2D eigenvalue weighted by molar-refractivity contribution is -0.181. The minimum absolute atomic E-state index is 0.110. The zero-order valence-corrected chi connectivity index (χ0v) is 19.5. The van der Waals surface area contributed by atoms with Gasteiger partial charge < -0.3 is 14.6 Å².